The zero-order valence-electron chi connectivity index (χ0n) is 16.7. The van der Waals surface area contributed by atoms with Gasteiger partial charge in [0.15, 0.2) is 5.96 Å². The Morgan fingerprint density at radius 1 is 1.14 bits per heavy atom. The number of benzene rings is 1. The molecule has 0 radical (unpaired) electrons. The molecule has 28 heavy (non-hydrogen) atoms. The van der Waals surface area contributed by atoms with Gasteiger partial charge in [-0.2, -0.15) is 11.8 Å². The quantitative estimate of drug-likeness (QED) is 0.315. The van der Waals surface area contributed by atoms with Gasteiger partial charge < -0.3 is 15.5 Å². The lowest BCUT2D eigenvalue weighted by Crippen LogP contribution is -2.39. The van der Waals surface area contributed by atoms with Crippen LogP contribution >= 0.6 is 47.1 Å². The molecule has 2 heterocycles. The van der Waals surface area contributed by atoms with E-state index in [0.717, 1.165) is 38.6 Å². The van der Waals surface area contributed by atoms with Crippen molar-refractivity contribution in [3.05, 3.63) is 52.2 Å². The Labute approximate surface area is 194 Å². The van der Waals surface area contributed by atoms with Gasteiger partial charge in [-0.25, -0.2) is 0 Å². The molecule has 1 aromatic carbocycles. The summed E-state index contributed by atoms with van der Waals surface area (Å²) >= 11 is 3.88. The highest BCUT2D eigenvalue weighted by molar-refractivity contribution is 14.0. The molecule has 1 unspecified atom stereocenters. The van der Waals surface area contributed by atoms with E-state index in [4.69, 9.17) is 0 Å². The van der Waals surface area contributed by atoms with Gasteiger partial charge in [0.2, 0.25) is 0 Å². The molecule has 2 N–H and O–H groups in total. The molecule has 2 aromatic rings. The minimum Gasteiger partial charge on any atom is -0.370 e. The largest absolute Gasteiger partial charge is 0.370 e. The van der Waals surface area contributed by atoms with Crippen LogP contribution in [-0.2, 0) is 13.0 Å². The maximum absolute atomic E-state index is 4.35. The van der Waals surface area contributed by atoms with Crippen molar-refractivity contribution in [2.75, 3.05) is 43.1 Å². The number of hydrogen-bond donors (Lipinski definition) is 2. The fraction of sp³-hybridized carbons (Fsp3) is 0.476. The molecule has 1 aliphatic heterocycles. The van der Waals surface area contributed by atoms with Crippen molar-refractivity contribution < 1.29 is 0 Å². The molecule has 0 bridgehead atoms. The van der Waals surface area contributed by atoms with Crippen molar-refractivity contribution >= 4 is 58.7 Å². The second-order valence-electron chi connectivity index (χ2n) is 6.96. The van der Waals surface area contributed by atoms with Gasteiger partial charge in [-0.15, -0.1) is 35.3 Å². The second kappa shape index (κ2) is 12.6. The molecule has 0 aliphatic carbocycles. The molecule has 1 aromatic heterocycles. The first-order valence-electron chi connectivity index (χ1n) is 9.63. The Hall–Kier alpha value is -0.930. The van der Waals surface area contributed by atoms with Crippen LogP contribution in [0.5, 0.6) is 0 Å². The van der Waals surface area contributed by atoms with Crippen LogP contribution in [0.2, 0.25) is 0 Å². The molecule has 0 saturated carbocycles. The van der Waals surface area contributed by atoms with E-state index in [1.54, 1.807) is 0 Å². The third kappa shape index (κ3) is 7.48. The molecule has 0 spiro atoms. The minimum absolute atomic E-state index is 0. The number of hydrogen-bond acceptors (Lipinski definition) is 4. The van der Waals surface area contributed by atoms with Crippen molar-refractivity contribution in [2.45, 2.75) is 19.9 Å². The summed E-state index contributed by atoms with van der Waals surface area (Å²) in [7, 11) is 1.83. The Bertz CT molecular complexity index is 698. The van der Waals surface area contributed by atoms with Crippen molar-refractivity contribution in [1.82, 2.24) is 10.6 Å². The minimum atomic E-state index is 0. The van der Waals surface area contributed by atoms with E-state index in [2.05, 4.69) is 69.2 Å². The molecule has 7 heteroatoms. The number of anilines is 1. The smallest absolute Gasteiger partial charge is 0.191 e. The summed E-state index contributed by atoms with van der Waals surface area (Å²) < 4.78 is 0. The summed E-state index contributed by atoms with van der Waals surface area (Å²) in [5.74, 6) is 3.90. The van der Waals surface area contributed by atoms with Crippen LogP contribution in [0.25, 0.3) is 0 Å². The zero-order chi connectivity index (χ0) is 18.9. The number of nitrogens with zero attached hydrogens (tertiary/aromatic N) is 2. The van der Waals surface area contributed by atoms with Gasteiger partial charge in [0.05, 0.1) is 0 Å². The number of aliphatic imine (C=N–C) groups is 1. The molecule has 3 rings (SSSR count). The highest BCUT2D eigenvalue weighted by Gasteiger charge is 2.11. The van der Waals surface area contributed by atoms with Gasteiger partial charge in [0.1, 0.15) is 0 Å². The summed E-state index contributed by atoms with van der Waals surface area (Å²) in [6.07, 6.45) is 1.11. The normalized spacial score (nSPS) is 15.6. The van der Waals surface area contributed by atoms with Crippen molar-refractivity contribution in [3.63, 3.8) is 0 Å². The molecule has 0 amide bonds. The molecule has 154 valence electrons. The second-order valence-corrected chi connectivity index (χ2v) is 9.22. The fourth-order valence-electron chi connectivity index (χ4n) is 3.17. The maximum Gasteiger partial charge on any atom is 0.191 e. The van der Waals surface area contributed by atoms with Gasteiger partial charge in [-0.05, 0) is 41.5 Å². The van der Waals surface area contributed by atoms with E-state index in [-0.39, 0.29) is 24.0 Å². The van der Waals surface area contributed by atoms with E-state index in [1.165, 1.54) is 27.6 Å². The average molecular weight is 531 g/mol. The molecule has 1 atom stereocenters. The third-order valence-electron chi connectivity index (χ3n) is 4.74. The Balaban J connectivity index is 0.00000280. The van der Waals surface area contributed by atoms with E-state index < -0.39 is 0 Å². The highest BCUT2D eigenvalue weighted by atomic mass is 127. The summed E-state index contributed by atoms with van der Waals surface area (Å²) in [5.41, 5.74) is 2.61. The first-order chi connectivity index (χ1) is 13.2. The number of thioether (sulfide) groups is 1. The summed E-state index contributed by atoms with van der Waals surface area (Å²) in [6, 6.07) is 13.3. The van der Waals surface area contributed by atoms with Crippen LogP contribution < -0.4 is 15.5 Å². The molecule has 4 nitrogen and oxygen atoms in total. The number of nitrogens with one attached hydrogen (secondary N) is 2. The van der Waals surface area contributed by atoms with Gasteiger partial charge in [0, 0.05) is 55.3 Å². The maximum atomic E-state index is 4.35. The van der Waals surface area contributed by atoms with Crippen LogP contribution in [-0.4, -0.2) is 44.1 Å². The number of thiophene rings is 1. The number of rotatable bonds is 7. The first kappa shape index (κ1) is 23.3. The number of halogens is 1. The van der Waals surface area contributed by atoms with Crippen molar-refractivity contribution in [1.29, 1.82) is 0 Å². The van der Waals surface area contributed by atoms with E-state index in [0.29, 0.717) is 5.92 Å². The van der Waals surface area contributed by atoms with Crippen LogP contribution in [0, 0.1) is 5.92 Å². The number of guanidine groups is 1. The summed E-state index contributed by atoms with van der Waals surface area (Å²) in [6.45, 7) is 6.29. The van der Waals surface area contributed by atoms with Crippen LogP contribution in [0.1, 0.15) is 17.4 Å². The monoisotopic (exact) mass is 530 g/mol. The lowest BCUT2D eigenvalue weighted by Gasteiger charge is -2.28. The van der Waals surface area contributed by atoms with E-state index in [1.807, 2.05) is 30.1 Å². The molecule has 1 saturated heterocycles. The topological polar surface area (TPSA) is 39.7 Å². The van der Waals surface area contributed by atoms with E-state index >= 15 is 0 Å². The summed E-state index contributed by atoms with van der Waals surface area (Å²) in [4.78, 5) is 8.27. The van der Waals surface area contributed by atoms with Crippen LogP contribution in [0.3, 0.4) is 0 Å². The van der Waals surface area contributed by atoms with Gasteiger partial charge >= 0.3 is 0 Å². The average Bonchev–Trinajstić information content (AvgIpc) is 3.22. The molecular formula is C21H31IN4S2. The standard InChI is InChI=1S/C21H30N4S2.HI/c1-17(14-20-4-3-11-27-20)15-23-21(22-2)24-16-18-5-7-19(8-6-18)25-9-12-26-13-10-25;/h3-8,11,17H,9-10,12-16H2,1-2H3,(H2,22,23,24);1H. The first-order valence-corrected chi connectivity index (χ1v) is 11.7. The molecule has 1 aliphatic rings. The molecular weight excluding hydrogens is 499 g/mol. The Kier molecular flexibility index (Phi) is 10.5. The Morgan fingerprint density at radius 2 is 1.89 bits per heavy atom. The van der Waals surface area contributed by atoms with Gasteiger partial charge in [-0.3, -0.25) is 4.99 Å². The fourth-order valence-corrected chi connectivity index (χ4v) is 4.94. The van der Waals surface area contributed by atoms with Gasteiger partial charge in [0.25, 0.3) is 0 Å². The summed E-state index contributed by atoms with van der Waals surface area (Å²) in [5, 5.41) is 9.02. The zero-order valence-corrected chi connectivity index (χ0v) is 20.7. The van der Waals surface area contributed by atoms with Crippen molar-refractivity contribution in [3.8, 4) is 0 Å². The predicted octanol–water partition coefficient (Wildman–Crippen LogP) is 4.46. The van der Waals surface area contributed by atoms with Crippen LogP contribution in [0.4, 0.5) is 5.69 Å². The third-order valence-corrected chi connectivity index (χ3v) is 6.59. The molecule has 1 fully saturated rings. The highest BCUT2D eigenvalue weighted by Crippen LogP contribution is 2.19. The van der Waals surface area contributed by atoms with Crippen molar-refractivity contribution in [2.24, 2.45) is 10.9 Å². The Morgan fingerprint density at radius 3 is 2.54 bits per heavy atom. The SMILES string of the molecule is CN=C(NCc1ccc(N2CCSCC2)cc1)NCC(C)Cc1cccs1.I. The van der Waals surface area contributed by atoms with Crippen LogP contribution in [0.15, 0.2) is 46.8 Å². The lowest BCUT2D eigenvalue weighted by molar-refractivity contribution is 0.562. The van der Waals surface area contributed by atoms with Gasteiger partial charge in [-0.1, -0.05) is 25.1 Å². The predicted molar refractivity (Wildman–Crippen MR) is 137 cm³/mol. The van der Waals surface area contributed by atoms with E-state index in [9.17, 15) is 0 Å². The lowest BCUT2D eigenvalue weighted by atomic mass is 10.1.